The lowest BCUT2D eigenvalue weighted by Gasteiger charge is -2.25. The Morgan fingerprint density at radius 2 is 1.65 bits per heavy atom. The molecule has 0 spiro atoms. The zero-order valence-corrected chi connectivity index (χ0v) is 16.6. The molecular formula is C20H26N2O3S. The van der Waals surface area contributed by atoms with Gasteiger partial charge in [0.25, 0.3) is 5.91 Å². The first-order valence-electron chi connectivity index (χ1n) is 8.47. The highest BCUT2D eigenvalue weighted by Crippen LogP contribution is 2.19. The highest BCUT2D eigenvalue weighted by molar-refractivity contribution is 7.90. The summed E-state index contributed by atoms with van der Waals surface area (Å²) >= 11 is 0. The molecule has 1 amide bonds. The fourth-order valence-corrected chi connectivity index (χ4v) is 3.69. The number of nitrogens with zero attached hydrogens (tertiary/aromatic N) is 2. The van der Waals surface area contributed by atoms with E-state index in [-0.39, 0.29) is 10.8 Å². The van der Waals surface area contributed by atoms with Crippen LogP contribution in [0.5, 0.6) is 0 Å². The normalized spacial score (nSPS) is 11.6. The Bertz CT molecular complexity index is 862. The van der Waals surface area contributed by atoms with Crippen molar-refractivity contribution in [3.05, 3.63) is 65.2 Å². The third kappa shape index (κ3) is 5.41. The first-order chi connectivity index (χ1) is 12.2. The molecule has 0 aliphatic carbocycles. The molecule has 0 saturated carbocycles. The van der Waals surface area contributed by atoms with Crippen molar-refractivity contribution in [2.75, 3.05) is 33.4 Å². The minimum absolute atomic E-state index is 0.166. The lowest BCUT2D eigenvalue weighted by atomic mass is 10.1. The van der Waals surface area contributed by atoms with Gasteiger partial charge in [-0.25, -0.2) is 8.42 Å². The van der Waals surface area contributed by atoms with Crippen molar-refractivity contribution >= 4 is 15.7 Å². The largest absolute Gasteiger partial charge is 0.333 e. The van der Waals surface area contributed by atoms with Gasteiger partial charge in [0.1, 0.15) is 0 Å². The summed E-state index contributed by atoms with van der Waals surface area (Å²) in [5.74, 6) is -0.166. The highest BCUT2D eigenvalue weighted by atomic mass is 32.2. The third-order valence-electron chi connectivity index (χ3n) is 4.16. The third-order valence-corrected chi connectivity index (χ3v) is 5.39. The maximum Gasteiger partial charge on any atom is 0.254 e. The van der Waals surface area contributed by atoms with Crippen molar-refractivity contribution < 1.29 is 13.2 Å². The van der Waals surface area contributed by atoms with E-state index >= 15 is 0 Å². The number of likely N-dealkylation sites (N-methyl/N-ethyl adjacent to an activating group) is 1. The smallest absolute Gasteiger partial charge is 0.254 e. The van der Waals surface area contributed by atoms with Crippen LogP contribution < -0.4 is 0 Å². The zero-order chi connectivity index (χ0) is 19.3. The maximum absolute atomic E-state index is 13.1. The van der Waals surface area contributed by atoms with E-state index in [9.17, 15) is 13.2 Å². The second-order valence-corrected chi connectivity index (χ2v) is 8.75. The van der Waals surface area contributed by atoms with Crippen LogP contribution in [-0.4, -0.2) is 57.6 Å². The zero-order valence-electron chi connectivity index (χ0n) is 15.8. The molecule has 5 nitrogen and oxygen atoms in total. The van der Waals surface area contributed by atoms with Crippen molar-refractivity contribution in [3.63, 3.8) is 0 Å². The summed E-state index contributed by atoms with van der Waals surface area (Å²) < 4.78 is 23.9. The number of benzene rings is 2. The van der Waals surface area contributed by atoms with Gasteiger partial charge in [-0.05, 0) is 44.3 Å². The number of aryl methyl sites for hydroxylation is 1. The van der Waals surface area contributed by atoms with E-state index < -0.39 is 9.84 Å². The number of hydrogen-bond acceptors (Lipinski definition) is 4. The topological polar surface area (TPSA) is 57.7 Å². The Morgan fingerprint density at radius 3 is 2.23 bits per heavy atom. The summed E-state index contributed by atoms with van der Waals surface area (Å²) in [5.41, 5.74) is 2.08. The number of carbonyl (C=O) groups excluding carboxylic acids is 1. The van der Waals surface area contributed by atoms with Gasteiger partial charge in [-0.1, -0.05) is 36.4 Å². The van der Waals surface area contributed by atoms with Crippen LogP contribution in [0, 0.1) is 6.92 Å². The second-order valence-electron chi connectivity index (χ2n) is 6.77. The van der Waals surface area contributed by atoms with Gasteiger partial charge in [-0.15, -0.1) is 0 Å². The molecule has 2 rings (SSSR count). The first-order valence-corrected chi connectivity index (χ1v) is 10.4. The van der Waals surface area contributed by atoms with Gasteiger partial charge in [0.05, 0.1) is 4.90 Å². The van der Waals surface area contributed by atoms with Crippen molar-refractivity contribution in [1.29, 1.82) is 0 Å². The van der Waals surface area contributed by atoms with Crippen LogP contribution >= 0.6 is 0 Å². The molecular weight excluding hydrogens is 348 g/mol. The molecule has 0 aliphatic rings. The van der Waals surface area contributed by atoms with Crippen LogP contribution in [0.3, 0.4) is 0 Å². The molecule has 0 heterocycles. The molecule has 6 heteroatoms. The molecule has 0 aliphatic heterocycles. The number of carbonyl (C=O) groups is 1. The Balaban J connectivity index is 2.33. The summed E-state index contributed by atoms with van der Waals surface area (Å²) in [7, 11) is 0.536. The monoisotopic (exact) mass is 374 g/mol. The molecule has 0 atom stereocenters. The molecule has 140 valence electrons. The average Bonchev–Trinajstić information content (AvgIpc) is 2.58. The molecule has 2 aromatic carbocycles. The van der Waals surface area contributed by atoms with Gasteiger partial charge in [-0.3, -0.25) is 4.79 Å². The van der Waals surface area contributed by atoms with Gasteiger partial charge < -0.3 is 9.80 Å². The van der Waals surface area contributed by atoms with Crippen molar-refractivity contribution in [2.45, 2.75) is 18.4 Å². The SMILES string of the molecule is Cc1ccc(C(=O)N(CCN(C)C)Cc2ccccc2)cc1S(C)(=O)=O. The Morgan fingerprint density at radius 1 is 1.00 bits per heavy atom. The minimum atomic E-state index is -3.38. The fourth-order valence-electron chi connectivity index (χ4n) is 2.69. The first kappa shape index (κ1) is 20.1. The van der Waals surface area contributed by atoms with E-state index in [0.717, 1.165) is 18.4 Å². The molecule has 0 fully saturated rings. The molecule has 26 heavy (non-hydrogen) atoms. The molecule has 0 saturated heterocycles. The van der Waals surface area contributed by atoms with Gasteiger partial charge in [0, 0.05) is 31.5 Å². The predicted molar refractivity (Wildman–Crippen MR) is 104 cm³/mol. The number of hydrogen-bond donors (Lipinski definition) is 0. The Labute approximate surface area is 156 Å². The van der Waals surface area contributed by atoms with E-state index in [4.69, 9.17) is 0 Å². The van der Waals surface area contributed by atoms with Crippen LogP contribution in [0.2, 0.25) is 0 Å². The summed E-state index contributed by atoms with van der Waals surface area (Å²) in [6.45, 7) is 3.50. The van der Waals surface area contributed by atoms with Crippen molar-refractivity contribution in [3.8, 4) is 0 Å². The molecule has 0 radical (unpaired) electrons. The van der Waals surface area contributed by atoms with E-state index in [0.29, 0.717) is 24.2 Å². The van der Waals surface area contributed by atoms with E-state index in [1.54, 1.807) is 24.0 Å². The van der Waals surface area contributed by atoms with Crippen LogP contribution in [0.25, 0.3) is 0 Å². The highest BCUT2D eigenvalue weighted by Gasteiger charge is 2.19. The van der Waals surface area contributed by atoms with Crippen LogP contribution in [0.4, 0.5) is 0 Å². The molecule has 0 aromatic heterocycles. The summed E-state index contributed by atoms with van der Waals surface area (Å²) in [4.78, 5) is 17.0. The number of sulfone groups is 1. The number of amides is 1. The molecule has 0 unspecified atom stereocenters. The van der Waals surface area contributed by atoms with E-state index in [2.05, 4.69) is 0 Å². The standard InChI is InChI=1S/C20H26N2O3S/c1-16-10-11-18(14-19(16)26(4,24)25)20(23)22(13-12-21(2)3)15-17-8-6-5-7-9-17/h5-11,14H,12-13,15H2,1-4H3. The predicted octanol–water partition coefficient (Wildman–Crippen LogP) is 2.60. The Kier molecular flexibility index (Phi) is 6.56. The lowest BCUT2D eigenvalue weighted by Crippen LogP contribution is -2.36. The molecule has 2 aromatic rings. The Hall–Kier alpha value is -2.18. The average molecular weight is 375 g/mol. The van der Waals surface area contributed by atoms with Gasteiger partial charge in [0.2, 0.25) is 0 Å². The van der Waals surface area contributed by atoms with Crippen LogP contribution in [0.15, 0.2) is 53.4 Å². The lowest BCUT2D eigenvalue weighted by molar-refractivity contribution is 0.0731. The van der Waals surface area contributed by atoms with Gasteiger partial charge in [-0.2, -0.15) is 0 Å². The summed E-state index contributed by atoms with van der Waals surface area (Å²) in [5, 5.41) is 0. The molecule has 0 N–H and O–H groups in total. The quantitative estimate of drug-likeness (QED) is 0.747. The van der Waals surface area contributed by atoms with E-state index in [1.165, 1.54) is 6.07 Å². The van der Waals surface area contributed by atoms with E-state index in [1.807, 2.05) is 49.3 Å². The second kappa shape index (κ2) is 8.47. The van der Waals surface area contributed by atoms with Crippen molar-refractivity contribution in [1.82, 2.24) is 9.80 Å². The fraction of sp³-hybridized carbons (Fsp3) is 0.350. The summed E-state index contributed by atoms with van der Waals surface area (Å²) in [6.07, 6.45) is 1.16. The van der Waals surface area contributed by atoms with Crippen LogP contribution in [-0.2, 0) is 16.4 Å². The maximum atomic E-state index is 13.1. The van der Waals surface area contributed by atoms with Gasteiger partial charge in [0.15, 0.2) is 9.84 Å². The van der Waals surface area contributed by atoms with Crippen LogP contribution in [0.1, 0.15) is 21.5 Å². The number of rotatable bonds is 7. The summed E-state index contributed by atoms with van der Waals surface area (Å²) in [6, 6.07) is 14.7. The van der Waals surface area contributed by atoms with Crippen molar-refractivity contribution in [2.24, 2.45) is 0 Å². The molecule has 0 bridgehead atoms. The minimum Gasteiger partial charge on any atom is -0.333 e. The van der Waals surface area contributed by atoms with Gasteiger partial charge >= 0.3 is 0 Å².